The highest BCUT2D eigenvalue weighted by molar-refractivity contribution is 5.88. The molecule has 0 saturated carbocycles. The molecular weight excluding hydrogens is 296 g/mol. The van der Waals surface area contributed by atoms with Gasteiger partial charge in [-0.1, -0.05) is 6.07 Å². The fourth-order valence-corrected chi connectivity index (χ4v) is 2.84. The summed E-state index contributed by atoms with van der Waals surface area (Å²) >= 11 is 0. The molecule has 2 heterocycles. The maximum absolute atomic E-state index is 12.4. The van der Waals surface area contributed by atoms with Gasteiger partial charge in [0.2, 0.25) is 6.79 Å². The second kappa shape index (κ2) is 5.05. The van der Waals surface area contributed by atoms with Crippen molar-refractivity contribution in [2.45, 2.75) is 6.92 Å². The Morgan fingerprint density at radius 3 is 2.70 bits per heavy atom. The molecule has 1 aromatic heterocycles. The number of rotatable bonds is 2. The molecule has 1 aliphatic heterocycles. The standard InChI is InChI=1S/C18H14O5/c1-10-13-8-12(20-2)4-6-14(13)23-18(19)17(10)11-3-5-15-16(7-11)22-9-21-15/h3-8H,9H2,1-2H3. The van der Waals surface area contributed by atoms with Gasteiger partial charge in [-0.2, -0.15) is 0 Å². The minimum Gasteiger partial charge on any atom is -0.497 e. The largest absolute Gasteiger partial charge is 0.497 e. The average Bonchev–Trinajstić information content (AvgIpc) is 3.02. The van der Waals surface area contributed by atoms with Crippen molar-refractivity contribution in [3.63, 3.8) is 0 Å². The van der Waals surface area contributed by atoms with Crippen molar-refractivity contribution >= 4 is 11.0 Å². The molecule has 2 aromatic carbocycles. The SMILES string of the molecule is COc1ccc2oc(=O)c(-c3ccc4c(c3)OCO4)c(C)c2c1. The van der Waals surface area contributed by atoms with Crippen molar-refractivity contribution in [2.75, 3.05) is 13.9 Å². The molecular formula is C18H14O5. The summed E-state index contributed by atoms with van der Waals surface area (Å²) in [5.74, 6) is 2.02. The summed E-state index contributed by atoms with van der Waals surface area (Å²) in [5.41, 5.74) is 2.26. The lowest BCUT2D eigenvalue weighted by Gasteiger charge is -2.09. The van der Waals surface area contributed by atoms with E-state index in [1.54, 1.807) is 31.4 Å². The number of hydrogen-bond acceptors (Lipinski definition) is 5. The molecule has 0 saturated heterocycles. The first-order valence-electron chi connectivity index (χ1n) is 7.19. The Labute approximate surface area is 132 Å². The van der Waals surface area contributed by atoms with Crippen LogP contribution in [0, 0.1) is 6.92 Å². The predicted molar refractivity (Wildman–Crippen MR) is 85.3 cm³/mol. The minimum absolute atomic E-state index is 0.196. The van der Waals surface area contributed by atoms with Gasteiger partial charge in [0.1, 0.15) is 11.3 Å². The quantitative estimate of drug-likeness (QED) is 0.678. The van der Waals surface area contributed by atoms with Crippen molar-refractivity contribution in [3.05, 3.63) is 52.4 Å². The lowest BCUT2D eigenvalue weighted by Crippen LogP contribution is -2.06. The highest BCUT2D eigenvalue weighted by Gasteiger charge is 2.18. The maximum Gasteiger partial charge on any atom is 0.344 e. The van der Waals surface area contributed by atoms with Crippen LogP contribution in [0.4, 0.5) is 0 Å². The van der Waals surface area contributed by atoms with Gasteiger partial charge < -0.3 is 18.6 Å². The number of aryl methyl sites for hydroxylation is 1. The van der Waals surface area contributed by atoms with E-state index in [1.165, 1.54) is 0 Å². The average molecular weight is 310 g/mol. The molecule has 5 heteroatoms. The molecule has 0 atom stereocenters. The molecule has 0 fully saturated rings. The monoisotopic (exact) mass is 310 g/mol. The van der Waals surface area contributed by atoms with Crippen molar-refractivity contribution in [1.29, 1.82) is 0 Å². The zero-order chi connectivity index (χ0) is 16.0. The van der Waals surface area contributed by atoms with Crippen LogP contribution < -0.4 is 19.8 Å². The van der Waals surface area contributed by atoms with Crippen molar-refractivity contribution in [3.8, 4) is 28.4 Å². The summed E-state index contributed by atoms with van der Waals surface area (Å²) in [6.07, 6.45) is 0. The smallest absolute Gasteiger partial charge is 0.344 e. The van der Waals surface area contributed by atoms with Gasteiger partial charge in [-0.05, 0) is 48.4 Å². The van der Waals surface area contributed by atoms with Gasteiger partial charge in [0.25, 0.3) is 0 Å². The van der Waals surface area contributed by atoms with Gasteiger partial charge in [0.05, 0.1) is 12.7 Å². The Morgan fingerprint density at radius 2 is 1.87 bits per heavy atom. The van der Waals surface area contributed by atoms with Crippen LogP contribution in [-0.2, 0) is 0 Å². The lowest BCUT2D eigenvalue weighted by molar-refractivity contribution is 0.174. The Balaban J connectivity index is 1.97. The third-order valence-electron chi connectivity index (χ3n) is 4.03. The first-order valence-corrected chi connectivity index (χ1v) is 7.19. The van der Waals surface area contributed by atoms with E-state index in [1.807, 2.05) is 19.1 Å². The van der Waals surface area contributed by atoms with Crippen molar-refractivity contribution in [1.82, 2.24) is 0 Å². The van der Waals surface area contributed by atoms with Crippen LogP contribution in [0.15, 0.2) is 45.6 Å². The summed E-state index contributed by atoms with van der Waals surface area (Å²) in [4.78, 5) is 12.4. The number of benzene rings is 2. The molecule has 4 rings (SSSR count). The molecule has 23 heavy (non-hydrogen) atoms. The topological polar surface area (TPSA) is 57.9 Å². The Morgan fingerprint density at radius 1 is 1.04 bits per heavy atom. The predicted octanol–water partition coefficient (Wildman–Crippen LogP) is 3.51. The minimum atomic E-state index is -0.376. The van der Waals surface area contributed by atoms with E-state index < -0.39 is 0 Å². The molecule has 0 aliphatic carbocycles. The van der Waals surface area contributed by atoms with E-state index in [4.69, 9.17) is 18.6 Å². The van der Waals surface area contributed by atoms with Gasteiger partial charge in [-0.3, -0.25) is 0 Å². The van der Waals surface area contributed by atoms with Gasteiger partial charge in [-0.15, -0.1) is 0 Å². The van der Waals surface area contributed by atoms with E-state index >= 15 is 0 Å². The molecule has 0 amide bonds. The molecule has 1 aliphatic rings. The molecule has 0 bridgehead atoms. The number of fused-ring (bicyclic) bond motifs is 2. The third-order valence-corrected chi connectivity index (χ3v) is 4.03. The summed E-state index contributed by atoms with van der Waals surface area (Å²) < 4.78 is 21.4. The Hall–Kier alpha value is -2.95. The highest BCUT2D eigenvalue weighted by atomic mass is 16.7. The fourth-order valence-electron chi connectivity index (χ4n) is 2.84. The molecule has 116 valence electrons. The van der Waals surface area contributed by atoms with Crippen LogP contribution in [-0.4, -0.2) is 13.9 Å². The van der Waals surface area contributed by atoms with E-state index in [0.717, 1.165) is 16.5 Å². The molecule has 0 radical (unpaired) electrons. The van der Waals surface area contributed by atoms with Gasteiger partial charge in [0, 0.05) is 5.39 Å². The second-order valence-corrected chi connectivity index (χ2v) is 5.32. The second-order valence-electron chi connectivity index (χ2n) is 5.32. The van der Waals surface area contributed by atoms with Gasteiger partial charge >= 0.3 is 5.63 Å². The molecule has 0 N–H and O–H groups in total. The summed E-state index contributed by atoms with van der Waals surface area (Å²) in [5, 5.41) is 0.844. The Bertz CT molecular complexity index is 971. The van der Waals surface area contributed by atoms with E-state index in [9.17, 15) is 4.79 Å². The molecule has 0 spiro atoms. The van der Waals surface area contributed by atoms with Gasteiger partial charge in [-0.25, -0.2) is 4.79 Å². The van der Waals surface area contributed by atoms with Crippen LogP contribution in [0.1, 0.15) is 5.56 Å². The molecule has 5 nitrogen and oxygen atoms in total. The summed E-state index contributed by atoms with van der Waals surface area (Å²) in [6, 6.07) is 10.8. The molecule has 0 unspecified atom stereocenters. The van der Waals surface area contributed by atoms with E-state index in [-0.39, 0.29) is 12.4 Å². The van der Waals surface area contributed by atoms with Gasteiger partial charge in [0.15, 0.2) is 11.5 Å². The number of methoxy groups -OCH3 is 1. The maximum atomic E-state index is 12.4. The molecule has 3 aromatic rings. The first-order chi connectivity index (χ1) is 11.2. The van der Waals surface area contributed by atoms with Crippen molar-refractivity contribution < 1.29 is 18.6 Å². The highest BCUT2D eigenvalue weighted by Crippen LogP contribution is 2.37. The van der Waals surface area contributed by atoms with Crippen LogP contribution >= 0.6 is 0 Å². The zero-order valence-corrected chi connectivity index (χ0v) is 12.7. The van der Waals surface area contributed by atoms with E-state index in [2.05, 4.69) is 0 Å². The third kappa shape index (κ3) is 2.12. The fraction of sp³-hybridized carbons (Fsp3) is 0.167. The van der Waals surface area contributed by atoms with E-state index in [0.29, 0.717) is 28.4 Å². The first kappa shape index (κ1) is 13.7. The summed E-state index contributed by atoms with van der Waals surface area (Å²) in [7, 11) is 1.61. The number of hydrogen-bond donors (Lipinski definition) is 0. The van der Waals surface area contributed by atoms with Crippen LogP contribution in [0.5, 0.6) is 17.2 Å². The normalized spacial score (nSPS) is 12.6. The van der Waals surface area contributed by atoms with Crippen LogP contribution in [0.25, 0.3) is 22.1 Å². The van der Waals surface area contributed by atoms with Crippen LogP contribution in [0.2, 0.25) is 0 Å². The van der Waals surface area contributed by atoms with Crippen LogP contribution in [0.3, 0.4) is 0 Å². The lowest BCUT2D eigenvalue weighted by atomic mass is 9.99. The van der Waals surface area contributed by atoms with Crippen molar-refractivity contribution in [2.24, 2.45) is 0 Å². The Kier molecular flexibility index (Phi) is 3.01. The summed E-state index contributed by atoms with van der Waals surface area (Å²) in [6.45, 7) is 2.10. The number of ether oxygens (including phenoxy) is 3. The zero-order valence-electron chi connectivity index (χ0n) is 12.7.